The van der Waals surface area contributed by atoms with Crippen molar-refractivity contribution in [1.82, 2.24) is 10.2 Å². The fraction of sp³-hybridized carbons (Fsp3) is 0.231. The average molecular weight is 309 g/mol. The predicted octanol–water partition coefficient (Wildman–Crippen LogP) is 3.08. The number of nitrogens with zero attached hydrogens (tertiary/aromatic N) is 1. The lowest BCUT2D eigenvalue weighted by atomic mass is 10.0. The van der Waals surface area contributed by atoms with Crippen LogP contribution in [0.3, 0.4) is 0 Å². The van der Waals surface area contributed by atoms with Gasteiger partial charge in [-0.2, -0.15) is 5.10 Å². The summed E-state index contributed by atoms with van der Waals surface area (Å²) in [4.78, 5) is 10.7. The van der Waals surface area contributed by atoms with Crippen LogP contribution in [0.1, 0.15) is 16.8 Å². The Morgan fingerprint density at radius 1 is 1.44 bits per heavy atom. The van der Waals surface area contributed by atoms with Gasteiger partial charge in [0.1, 0.15) is 0 Å². The number of nitrogens with one attached hydrogen (secondary N) is 1. The summed E-state index contributed by atoms with van der Waals surface area (Å²) < 4.78 is 0.977. The normalized spacial score (nSPS) is 10.6. The molecular formula is C13H13BrN2O2. The molecule has 0 aliphatic heterocycles. The van der Waals surface area contributed by atoms with Crippen molar-refractivity contribution in [3.8, 4) is 11.3 Å². The lowest BCUT2D eigenvalue weighted by molar-refractivity contribution is -0.136. The molecule has 0 unspecified atom stereocenters. The van der Waals surface area contributed by atoms with E-state index in [9.17, 15) is 4.79 Å². The number of benzene rings is 1. The minimum Gasteiger partial charge on any atom is -0.481 e. The highest BCUT2D eigenvalue weighted by Gasteiger charge is 2.14. The molecule has 18 heavy (non-hydrogen) atoms. The number of carboxylic acid groups (broad SMARTS) is 1. The molecule has 0 saturated carbocycles. The van der Waals surface area contributed by atoms with E-state index in [0.29, 0.717) is 5.69 Å². The average Bonchev–Trinajstić information content (AvgIpc) is 2.64. The second-order valence-electron chi connectivity index (χ2n) is 4.21. The smallest absolute Gasteiger partial charge is 0.309 e. The van der Waals surface area contributed by atoms with E-state index in [1.165, 1.54) is 0 Å². The minimum atomic E-state index is -0.862. The topological polar surface area (TPSA) is 66.0 Å². The van der Waals surface area contributed by atoms with Crippen LogP contribution in [-0.2, 0) is 11.2 Å². The molecule has 0 aliphatic rings. The molecule has 0 spiro atoms. The number of H-pyrrole nitrogens is 1. The van der Waals surface area contributed by atoms with Crippen molar-refractivity contribution in [2.75, 3.05) is 0 Å². The molecule has 0 aliphatic carbocycles. The summed E-state index contributed by atoms with van der Waals surface area (Å²) in [6.45, 7) is 3.89. The standard InChI is InChI=1S/C13H13BrN2O2/c1-7-3-4-9(14)5-10(7)13-8(2)11(15-16-13)6-12(17)18/h3-5H,6H2,1-2H3,(H,15,16)(H,17,18). The van der Waals surface area contributed by atoms with Crippen LogP contribution < -0.4 is 0 Å². The highest BCUT2D eigenvalue weighted by molar-refractivity contribution is 9.10. The summed E-state index contributed by atoms with van der Waals surface area (Å²) in [7, 11) is 0. The van der Waals surface area contributed by atoms with Crippen LogP contribution in [0.4, 0.5) is 0 Å². The maximum Gasteiger partial charge on any atom is 0.309 e. The summed E-state index contributed by atoms with van der Waals surface area (Å²) in [6, 6.07) is 5.96. The number of hydrogen-bond donors (Lipinski definition) is 2. The molecule has 0 amide bonds. The van der Waals surface area contributed by atoms with Gasteiger partial charge in [-0.1, -0.05) is 22.0 Å². The van der Waals surface area contributed by atoms with Crippen molar-refractivity contribution in [3.05, 3.63) is 39.5 Å². The number of carboxylic acids is 1. The first-order valence-corrected chi connectivity index (χ1v) is 6.30. The van der Waals surface area contributed by atoms with E-state index in [4.69, 9.17) is 5.11 Å². The maximum absolute atomic E-state index is 10.7. The monoisotopic (exact) mass is 308 g/mol. The molecule has 1 aromatic heterocycles. The Bertz CT molecular complexity index is 605. The second-order valence-corrected chi connectivity index (χ2v) is 5.12. The number of aromatic nitrogens is 2. The van der Waals surface area contributed by atoms with E-state index in [1.54, 1.807) is 0 Å². The molecule has 5 heteroatoms. The lowest BCUT2D eigenvalue weighted by Crippen LogP contribution is -2.01. The van der Waals surface area contributed by atoms with Crippen molar-refractivity contribution in [1.29, 1.82) is 0 Å². The second kappa shape index (κ2) is 4.94. The van der Waals surface area contributed by atoms with Gasteiger partial charge in [-0.25, -0.2) is 0 Å². The predicted molar refractivity (Wildman–Crippen MR) is 72.5 cm³/mol. The molecule has 2 aromatic rings. The summed E-state index contributed by atoms with van der Waals surface area (Å²) in [5, 5.41) is 15.9. The van der Waals surface area contributed by atoms with Crippen LogP contribution in [-0.4, -0.2) is 21.3 Å². The molecule has 2 rings (SSSR count). The molecule has 1 aromatic carbocycles. The van der Waals surface area contributed by atoms with E-state index in [2.05, 4.69) is 26.1 Å². The molecule has 2 N–H and O–H groups in total. The first-order valence-electron chi connectivity index (χ1n) is 5.51. The Balaban J connectivity index is 2.48. The Morgan fingerprint density at radius 3 is 2.83 bits per heavy atom. The van der Waals surface area contributed by atoms with Crippen LogP contribution in [0, 0.1) is 13.8 Å². The highest BCUT2D eigenvalue weighted by atomic mass is 79.9. The number of aryl methyl sites for hydroxylation is 1. The van der Waals surface area contributed by atoms with Crippen LogP contribution >= 0.6 is 15.9 Å². The zero-order valence-electron chi connectivity index (χ0n) is 10.1. The van der Waals surface area contributed by atoms with Crippen molar-refractivity contribution in [2.24, 2.45) is 0 Å². The number of hydrogen-bond acceptors (Lipinski definition) is 2. The Kier molecular flexibility index (Phi) is 3.52. The van der Waals surface area contributed by atoms with E-state index in [1.807, 2.05) is 32.0 Å². The molecule has 94 valence electrons. The molecule has 0 atom stereocenters. The van der Waals surface area contributed by atoms with Gasteiger partial charge in [-0.3, -0.25) is 9.89 Å². The zero-order valence-corrected chi connectivity index (χ0v) is 11.7. The minimum absolute atomic E-state index is 0.0358. The summed E-state index contributed by atoms with van der Waals surface area (Å²) in [6.07, 6.45) is -0.0358. The number of aromatic amines is 1. The van der Waals surface area contributed by atoms with Crippen LogP contribution in [0.5, 0.6) is 0 Å². The van der Waals surface area contributed by atoms with Crippen molar-refractivity contribution >= 4 is 21.9 Å². The van der Waals surface area contributed by atoms with Crippen LogP contribution in [0.25, 0.3) is 11.3 Å². The third kappa shape index (κ3) is 2.46. The van der Waals surface area contributed by atoms with Gasteiger partial charge in [0.05, 0.1) is 12.1 Å². The molecule has 4 nitrogen and oxygen atoms in total. The maximum atomic E-state index is 10.7. The Hall–Kier alpha value is -1.62. The molecule has 0 bridgehead atoms. The van der Waals surface area contributed by atoms with Gasteiger partial charge in [-0.05, 0) is 37.1 Å². The zero-order chi connectivity index (χ0) is 13.3. The van der Waals surface area contributed by atoms with Crippen molar-refractivity contribution < 1.29 is 9.90 Å². The van der Waals surface area contributed by atoms with Gasteiger partial charge in [0.25, 0.3) is 0 Å². The van der Waals surface area contributed by atoms with Crippen LogP contribution in [0.2, 0.25) is 0 Å². The van der Waals surface area contributed by atoms with Gasteiger partial charge < -0.3 is 5.11 Å². The third-order valence-electron chi connectivity index (χ3n) is 2.89. The molecule has 0 fully saturated rings. The number of halogens is 1. The summed E-state index contributed by atoms with van der Waals surface area (Å²) >= 11 is 3.43. The SMILES string of the molecule is Cc1ccc(Br)cc1-c1n[nH]c(CC(=O)O)c1C. The number of rotatable bonds is 3. The van der Waals surface area contributed by atoms with Gasteiger partial charge in [0.2, 0.25) is 0 Å². The first kappa shape index (κ1) is 12.8. The van der Waals surface area contributed by atoms with Gasteiger partial charge >= 0.3 is 5.97 Å². The number of aliphatic carboxylic acids is 1. The summed E-state index contributed by atoms with van der Waals surface area (Å²) in [5.74, 6) is -0.862. The van der Waals surface area contributed by atoms with E-state index in [0.717, 1.165) is 26.9 Å². The quantitative estimate of drug-likeness (QED) is 0.915. The van der Waals surface area contributed by atoms with Crippen LogP contribution in [0.15, 0.2) is 22.7 Å². The third-order valence-corrected chi connectivity index (χ3v) is 3.39. The summed E-state index contributed by atoms with van der Waals surface area (Å²) in [5.41, 5.74) is 4.46. The molecule has 0 saturated heterocycles. The first-order chi connectivity index (χ1) is 8.49. The molecule has 0 radical (unpaired) electrons. The van der Waals surface area contributed by atoms with Gasteiger partial charge in [0, 0.05) is 15.7 Å². The molecular weight excluding hydrogens is 296 g/mol. The Morgan fingerprint density at radius 2 is 2.17 bits per heavy atom. The fourth-order valence-electron chi connectivity index (χ4n) is 1.87. The van der Waals surface area contributed by atoms with Crippen molar-refractivity contribution in [2.45, 2.75) is 20.3 Å². The lowest BCUT2D eigenvalue weighted by Gasteiger charge is -2.04. The van der Waals surface area contributed by atoms with E-state index in [-0.39, 0.29) is 6.42 Å². The fourth-order valence-corrected chi connectivity index (χ4v) is 2.23. The largest absolute Gasteiger partial charge is 0.481 e. The molecule has 1 heterocycles. The van der Waals surface area contributed by atoms with E-state index >= 15 is 0 Å². The Labute approximate surface area is 113 Å². The van der Waals surface area contributed by atoms with Crippen molar-refractivity contribution in [3.63, 3.8) is 0 Å². The van der Waals surface area contributed by atoms with E-state index < -0.39 is 5.97 Å². The highest BCUT2D eigenvalue weighted by Crippen LogP contribution is 2.29. The van der Waals surface area contributed by atoms with Gasteiger partial charge in [-0.15, -0.1) is 0 Å². The van der Waals surface area contributed by atoms with Gasteiger partial charge in [0.15, 0.2) is 0 Å². The number of carbonyl (C=O) groups is 1.